The SMILES string of the molecule is CCNCCCCCN(CC)c1cc(N2CCCC2)nc(N2CCCC2)n1. The van der Waals surface area contributed by atoms with Gasteiger partial charge in [-0.05, 0) is 58.5 Å². The van der Waals surface area contributed by atoms with E-state index in [0.717, 1.165) is 69.9 Å². The number of hydrogen-bond acceptors (Lipinski definition) is 6. The summed E-state index contributed by atoms with van der Waals surface area (Å²) in [7, 11) is 0. The van der Waals surface area contributed by atoms with E-state index in [0.29, 0.717) is 0 Å². The molecule has 3 heterocycles. The lowest BCUT2D eigenvalue weighted by Gasteiger charge is -2.27. The minimum atomic E-state index is 0.942. The molecule has 3 rings (SSSR count). The van der Waals surface area contributed by atoms with Crippen LogP contribution in [0.15, 0.2) is 6.07 Å². The highest BCUT2D eigenvalue weighted by molar-refractivity contribution is 5.56. The first-order chi connectivity index (χ1) is 13.3. The van der Waals surface area contributed by atoms with Crippen molar-refractivity contribution in [2.45, 2.75) is 58.8 Å². The molecule has 0 aromatic carbocycles. The highest BCUT2D eigenvalue weighted by Gasteiger charge is 2.21. The normalized spacial score (nSPS) is 17.1. The first-order valence-corrected chi connectivity index (χ1v) is 11.2. The summed E-state index contributed by atoms with van der Waals surface area (Å²) in [5, 5.41) is 3.41. The van der Waals surface area contributed by atoms with Crippen LogP contribution >= 0.6 is 0 Å². The Labute approximate surface area is 165 Å². The molecule has 6 nitrogen and oxygen atoms in total. The first-order valence-electron chi connectivity index (χ1n) is 11.2. The van der Waals surface area contributed by atoms with Crippen LogP contribution in [0.25, 0.3) is 0 Å². The highest BCUT2D eigenvalue weighted by Crippen LogP contribution is 2.27. The fourth-order valence-electron chi connectivity index (χ4n) is 4.08. The van der Waals surface area contributed by atoms with Gasteiger partial charge >= 0.3 is 0 Å². The fraction of sp³-hybridized carbons (Fsp3) is 0.810. The number of nitrogens with one attached hydrogen (secondary N) is 1. The molecule has 1 aromatic heterocycles. The molecule has 0 amide bonds. The molecule has 0 radical (unpaired) electrons. The van der Waals surface area contributed by atoms with Crippen LogP contribution in [0, 0.1) is 0 Å². The van der Waals surface area contributed by atoms with E-state index in [1.807, 2.05) is 0 Å². The van der Waals surface area contributed by atoms with E-state index in [1.165, 1.54) is 44.9 Å². The zero-order valence-electron chi connectivity index (χ0n) is 17.4. The second-order valence-electron chi connectivity index (χ2n) is 7.77. The fourth-order valence-corrected chi connectivity index (χ4v) is 4.08. The Bertz CT molecular complexity index is 517. The van der Waals surface area contributed by atoms with E-state index in [4.69, 9.17) is 9.97 Å². The molecule has 2 fully saturated rings. The van der Waals surface area contributed by atoms with Crippen molar-refractivity contribution in [1.82, 2.24) is 15.3 Å². The quantitative estimate of drug-likeness (QED) is 0.600. The molecule has 0 bridgehead atoms. The van der Waals surface area contributed by atoms with Crippen molar-refractivity contribution in [1.29, 1.82) is 0 Å². The van der Waals surface area contributed by atoms with E-state index < -0.39 is 0 Å². The van der Waals surface area contributed by atoms with Crippen LogP contribution in [0.1, 0.15) is 58.8 Å². The Morgan fingerprint density at radius 1 is 0.926 bits per heavy atom. The van der Waals surface area contributed by atoms with Crippen molar-refractivity contribution in [2.75, 3.05) is 67.1 Å². The lowest BCUT2D eigenvalue weighted by Crippen LogP contribution is -2.29. The van der Waals surface area contributed by atoms with Crippen molar-refractivity contribution in [3.63, 3.8) is 0 Å². The number of aromatic nitrogens is 2. The van der Waals surface area contributed by atoms with Crippen LogP contribution in [-0.2, 0) is 0 Å². The molecule has 2 aliphatic rings. The molecular formula is C21H38N6. The van der Waals surface area contributed by atoms with Crippen LogP contribution in [-0.4, -0.2) is 62.3 Å². The van der Waals surface area contributed by atoms with Crippen molar-refractivity contribution >= 4 is 17.6 Å². The second kappa shape index (κ2) is 10.7. The van der Waals surface area contributed by atoms with E-state index in [1.54, 1.807) is 0 Å². The van der Waals surface area contributed by atoms with E-state index in [-0.39, 0.29) is 0 Å². The van der Waals surface area contributed by atoms with E-state index in [9.17, 15) is 0 Å². The third-order valence-corrected chi connectivity index (χ3v) is 5.74. The van der Waals surface area contributed by atoms with Gasteiger partial charge in [0.05, 0.1) is 0 Å². The minimum absolute atomic E-state index is 0.942. The third-order valence-electron chi connectivity index (χ3n) is 5.74. The predicted octanol–water partition coefficient (Wildman–Crippen LogP) is 3.28. The van der Waals surface area contributed by atoms with Gasteiger partial charge in [0.25, 0.3) is 0 Å². The molecule has 2 aliphatic heterocycles. The third kappa shape index (κ3) is 5.71. The van der Waals surface area contributed by atoms with Crippen LogP contribution in [0.4, 0.5) is 17.6 Å². The Morgan fingerprint density at radius 2 is 1.63 bits per heavy atom. The van der Waals surface area contributed by atoms with Crippen molar-refractivity contribution in [2.24, 2.45) is 0 Å². The van der Waals surface area contributed by atoms with Gasteiger partial charge in [-0.2, -0.15) is 9.97 Å². The van der Waals surface area contributed by atoms with Crippen LogP contribution in [0.3, 0.4) is 0 Å². The van der Waals surface area contributed by atoms with Gasteiger partial charge in [-0.25, -0.2) is 0 Å². The Balaban J connectivity index is 1.68. The zero-order chi connectivity index (χ0) is 18.9. The van der Waals surface area contributed by atoms with Gasteiger partial charge in [-0.3, -0.25) is 0 Å². The Hall–Kier alpha value is -1.56. The summed E-state index contributed by atoms with van der Waals surface area (Å²) < 4.78 is 0. The van der Waals surface area contributed by atoms with Gasteiger partial charge in [0.1, 0.15) is 11.6 Å². The molecule has 0 aliphatic carbocycles. The summed E-state index contributed by atoms with van der Waals surface area (Å²) in [5.74, 6) is 3.19. The average Bonchev–Trinajstić information content (AvgIpc) is 3.41. The van der Waals surface area contributed by atoms with Crippen LogP contribution < -0.4 is 20.0 Å². The monoisotopic (exact) mass is 374 g/mol. The summed E-state index contributed by atoms with van der Waals surface area (Å²) in [6.45, 7) is 13.2. The number of hydrogen-bond donors (Lipinski definition) is 1. The molecule has 1 N–H and O–H groups in total. The van der Waals surface area contributed by atoms with Crippen LogP contribution in [0.5, 0.6) is 0 Å². The number of anilines is 3. The van der Waals surface area contributed by atoms with Crippen molar-refractivity contribution in [3.05, 3.63) is 6.07 Å². The Kier molecular flexibility index (Phi) is 7.99. The molecule has 0 unspecified atom stereocenters. The van der Waals surface area contributed by atoms with Gasteiger partial charge < -0.3 is 20.0 Å². The number of rotatable bonds is 11. The lowest BCUT2D eigenvalue weighted by molar-refractivity contribution is 0.608. The Morgan fingerprint density at radius 3 is 2.30 bits per heavy atom. The zero-order valence-corrected chi connectivity index (χ0v) is 17.4. The maximum Gasteiger partial charge on any atom is 0.229 e. The molecule has 2 saturated heterocycles. The molecule has 6 heteroatoms. The number of nitrogens with zero attached hydrogens (tertiary/aromatic N) is 5. The molecule has 0 saturated carbocycles. The standard InChI is InChI=1S/C21H38N6/c1-3-22-12-6-5-7-13-25(4-2)19-18-20(26-14-8-9-15-26)24-21(23-19)27-16-10-11-17-27/h18,22H,3-17H2,1-2H3. The van der Waals surface area contributed by atoms with Crippen molar-refractivity contribution < 1.29 is 0 Å². The minimum Gasteiger partial charge on any atom is -0.357 e. The predicted molar refractivity (Wildman–Crippen MR) is 115 cm³/mol. The smallest absolute Gasteiger partial charge is 0.229 e. The summed E-state index contributed by atoms with van der Waals surface area (Å²) >= 11 is 0. The lowest BCUT2D eigenvalue weighted by atomic mass is 10.2. The maximum absolute atomic E-state index is 4.99. The van der Waals surface area contributed by atoms with E-state index >= 15 is 0 Å². The van der Waals surface area contributed by atoms with Gasteiger partial charge in [-0.15, -0.1) is 0 Å². The second-order valence-corrected chi connectivity index (χ2v) is 7.77. The van der Waals surface area contributed by atoms with Gasteiger partial charge in [0, 0.05) is 45.3 Å². The molecule has 152 valence electrons. The topological polar surface area (TPSA) is 47.5 Å². The maximum atomic E-state index is 4.99. The van der Waals surface area contributed by atoms with Gasteiger partial charge in [0.15, 0.2) is 0 Å². The van der Waals surface area contributed by atoms with Gasteiger partial charge in [0.2, 0.25) is 5.95 Å². The first kappa shape index (κ1) is 20.2. The highest BCUT2D eigenvalue weighted by atomic mass is 15.3. The van der Waals surface area contributed by atoms with Crippen LogP contribution in [0.2, 0.25) is 0 Å². The summed E-state index contributed by atoms with van der Waals surface area (Å²) in [5.41, 5.74) is 0. The molecule has 0 atom stereocenters. The largest absolute Gasteiger partial charge is 0.357 e. The number of unbranched alkanes of at least 4 members (excludes halogenated alkanes) is 2. The molecule has 0 spiro atoms. The van der Waals surface area contributed by atoms with E-state index in [2.05, 4.69) is 39.9 Å². The summed E-state index contributed by atoms with van der Waals surface area (Å²) in [6.07, 6.45) is 8.83. The molecule has 1 aromatic rings. The molecular weight excluding hydrogens is 336 g/mol. The summed E-state index contributed by atoms with van der Waals surface area (Å²) in [4.78, 5) is 17.2. The van der Waals surface area contributed by atoms with Gasteiger partial charge in [-0.1, -0.05) is 13.3 Å². The average molecular weight is 375 g/mol. The summed E-state index contributed by atoms with van der Waals surface area (Å²) in [6, 6.07) is 2.23. The van der Waals surface area contributed by atoms with Crippen molar-refractivity contribution in [3.8, 4) is 0 Å². The molecule has 27 heavy (non-hydrogen) atoms.